The number of rotatable bonds is 2. The van der Waals surface area contributed by atoms with E-state index in [9.17, 15) is 4.79 Å². The number of aryl methyl sites for hydroxylation is 1. The summed E-state index contributed by atoms with van der Waals surface area (Å²) in [5.41, 5.74) is 9.98. The van der Waals surface area contributed by atoms with E-state index in [0.717, 1.165) is 11.3 Å². The third-order valence-electron chi connectivity index (χ3n) is 2.93. The van der Waals surface area contributed by atoms with Gasteiger partial charge < -0.3 is 5.73 Å². The number of nitrogens with zero attached hydrogens (tertiary/aromatic N) is 1. The molecule has 1 aromatic carbocycles. The topological polar surface area (TPSA) is 56.0 Å². The molecular formula is C14H14N2O. The number of hydrogen-bond donors (Lipinski definition) is 1. The van der Waals surface area contributed by atoms with Crippen molar-refractivity contribution in [3.05, 3.63) is 53.2 Å². The second-order valence-corrected chi connectivity index (χ2v) is 4.04. The molecule has 0 saturated heterocycles. The van der Waals surface area contributed by atoms with Gasteiger partial charge in [0.1, 0.15) is 0 Å². The van der Waals surface area contributed by atoms with Crippen molar-refractivity contribution in [2.24, 2.45) is 5.73 Å². The number of nitrogens with two attached hydrogens (primary N) is 1. The lowest BCUT2D eigenvalue weighted by Gasteiger charge is -2.08. The summed E-state index contributed by atoms with van der Waals surface area (Å²) in [6, 6.07) is 9.61. The summed E-state index contributed by atoms with van der Waals surface area (Å²) in [6.07, 6.45) is 1.51. The summed E-state index contributed by atoms with van der Waals surface area (Å²) in [5.74, 6) is -0.454. The Balaban J connectivity index is 2.47. The maximum Gasteiger partial charge on any atom is 0.250 e. The molecule has 0 saturated carbocycles. The Morgan fingerprint density at radius 2 is 1.94 bits per heavy atom. The minimum Gasteiger partial charge on any atom is -0.366 e. The zero-order valence-corrected chi connectivity index (χ0v) is 9.90. The van der Waals surface area contributed by atoms with Gasteiger partial charge in [-0.2, -0.15) is 0 Å². The molecule has 0 unspecified atom stereocenters. The highest BCUT2D eigenvalue weighted by atomic mass is 16.1. The van der Waals surface area contributed by atoms with E-state index in [4.69, 9.17) is 5.73 Å². The molecule has 2 rings (SSSR count). The van der Waals surface area contributed by atoms with Crippen LogP contribution in [0.25, 0.3) is 11.3 Å². The van der Waals surface area contributed by atoms with Gasteiger partial charge in [0.15, 0.2) is 0 Å². The van der Waals surface area contributed by atoms with Crippen LogP contribution in [0.1, 0.15) is 21.5 Å². The fraction of sp³-hybridized carbons (Fsp3) is 0.143. The molecule has 1 aromatic heterocycles. The lowest BCUT2D eigenvalue weighted by atomic mass is 10.0. The number of carbonyl (C=O) groups is 1. The number of primary amides is 1. The first kappa shape index (κ1) is 11.3. The van der Waals surface area contributed by atoms with Crippen molar-refractivity contribution in [2.45, 2.75) is 13.8 Å². The molecule has 0 fully saturated rings. The zero-order chi connectivity index (χ0) is 12.4. The maximum atomic E-state index is 11.0. The van der Waals surface area contributed by atoms with E-state index >= 15 is 0 Å². The zero-order valence-electron chi connectivity index (χ0n) is 9.90. The number of aromatic nitrogens is 1. The van der Waals surface area contributed by atoms with Crippen LogP contribution in [-0.4, -0.2) is 10.9 Å². The molecule has 0 atom stereocenters. The van der Waals surface area contributed by atoms with E-state index in [1.807, 2.05) is 18.2 Å². The maximum absolute atomic E-state index is 11.0. The second kappa shape index (κ2) is 4.37. The summed E-state index contributed by atoms with van der Waals surface area (Å²) < 4.78 is 0. The van der Waals surface area contributed by atoms with Gasteiger partial charge in [-0.15, -0.1) is 0 Å². The molecule has 0 bridgehead atoms. The Labute approximate surface area is 100 Å². The molecule has 86 valence electrons. The summed E-state index contributed by atoms with van der Waals surface area (Å²) in [4.78, 5) is 15.2. The third-order valence-corrected chi connectivity index (χ3v) is 2.93. The molecule has 0 aliphatic carbocycles. The first-order valence-corrected chi connectivity index (χ1v) is 5.42. The van der Waals surface area contributed by atoms with Gasteiger partial charge in [0, 0.05) is 11.8 Å². The molecule has 2 aromatic rings. The fourth-order valence-electron chi connectivity index (χ4n) is 1.73. The SMILES string of the molecule is Cc1cccc(-c2ccc(C(N)=O)cn2)c1C. The van der Waals surface area contributed by atoms with Gasteiger partial charge in [-0.05, 0) is 37.1 Å². The van der Waals surface area contributed by atoms with E-state index in [-0.39, 0.29) is 0 Å². The highest BCUT2D eigenvalue weighted by molar-refractivity contribution is 5.92. The predicted molar refractivity (Wildman–Crippen MR) is 67.7 cm³/mol. The highest BCUT2D eigenvalue weighted by Crippen LogP contribution is 2.23. The summed E-state index contributed by atoms with van der Waals surface area (Å²) in [5, 5.41) is 0. The lowest BCUT2D eigenvalue weighted by molar-refractivity contribution is 0.1000. The standard InChI is InChI=1S/C14H14N2O/c1-9-4-3-5-12(10(9)2)13-7-6-11(8-16-13)14(15)17/h3-8H,1-2H3,(H2,15,17). The molecule has 0 aliphatic rings. The third kappa shape index (κ3) is 2.18. The molecule has 1 amide bonds. The van der Waals surface area contributed by atoms with Gasteiger partial charge >= 0.3 is 0 Å². The van der Waals surface area contributed by atoms with Crippen LogP contribution >= 0.6 is 0 Å². The van der Waals surface area contributed by atoms with E-state index < -0.39 is 5.91 Å². The average molecular weight is 226 g/mol. The van der Waals surface area contributed by atoms with Gasteiger partial charge in [0.05, 0.1) is 11.3 Å². The highest BCUT2D eigenvalue weighted by Gasteiger charge is 2.06. The number of amides is 1. The molecular weight excluding hydrogens is 212 g/mol. The van der Waals surface area contributed by atoms with Crippen molar-refractivity contribution >= 4 is 5.91 Å². The number of carbonyl (C=O) groups excluding carboxylic acids is 1. The first-order valence-electron chi connectivity index (χ1n) is 5.42. The Morgan fingerprint density at radius 1 is 1.18 bits per heavy atom. The predicted octanol–water partition coefficient (Wildman–Crippen LogP) is 2.46. The average Bonchev–Trinajstić information content (AvgIpc) is 2.33. The van der Waals surface area contributed by atoms with Gasteiger partial charge in [-0.25, -0.2) is 0 Å². The molecule has 3 nitrogen and oxygen atoms in total. The smallest absolute Gasteiger partial charge is 0.250 e. The van der Waals surface area contributed by atoms with Gasteiger partial charge in [0.2, 0.25) is 5.91 Å². The van der Waals surface area contributed by atoms with Crippen molar-refractivity contribution in [2.75, 3.05) is 0 Å². The number of hydrogen-bond acceptors (Lipinski definition) is 2. The summed E-state index contributed by atoms with van der Waals surface area (Å²) >= 11 is 0. The minimum atomic E-state index is -0.454. The van der Waals surface area contributed by atoms with Crippen molar-refractivity contribution in [1.29, 1.82) is 0 Å². The van der Waals surface area contributed by atoms with Gasteiger partial charge in [0.25, 0.3) is 0 Å². The summed E-state index contributed by atoms with van der Waals surface area (Å²) in [6.45, 7) is 4.13. The van der Waals surface area contributed by atoms with Crippen LogP contribution in [0.2, 0.25) is 0 Å². The summed E-state index contributed by atoms with van der Waals surface area (Å²) in [7, 11) is 0. The first-order chi connectivity index (χ1) is 8.09. The molecule has 0 radical (unpaired) electrons. The van der Waals surface area contributed by atoms with Crippen LogP contribution in [0.3, 0.4) is 0 Å². The monoisotopic (exact) mass is 226 g/mol. The van der Waals surface area contributed by atoms with Crippen molar-refractivity contribution in [3.63, 3.8) is 0 Å². The van der Waals surface area contributed by atoms with E-state index in [2.05, 4.69) is 24.9 Å². The van der Waals surface area contributed by atoms with Gasteiger partial charge in [-0.1, -0.05) is 18.2 Å². The van der Waals surface area contributed by atoms with Crippen molar-refractivity contribution in [1.82, 2.24) is 4.98 Å². The largest absolute Gasteiger partial charge is 0.366 e. The van der Waals surface area contributed by atoms with Crippen molar-refractivity contribution < 1.29 is 4.79 Å². The second-order valence-electron chi connectivity index (χ2n) is 4.04. The molecule has 1 heterocycles. The Bertz CT molecular complexity index is 559. The van der Waals surface area contributed by atoms with Crippen LogP contribution in [0, 0.1) is 13.8 Å². The van der Waals surface area contributed by atoms with E-state index in [1.54, 1.807) is 6.07 Å². The molecule has 3 heteroatoms. The van der Waals surface area contributed by atoms with Crippen LogP contribution in [0.15, 0.2) is 36.5 Å². The Morgan fingerprint density at radius 3 is 2.53 bits per heavy atom. The van der Waals surface area contributed by atoms with Crippen LogP contribution in [-0.2, 0) is 0 Å². The normalized spacial score (nSPS) is 10.2. The molecule has 0 spiro atoms. The molecule has 0 aliphatic heterocycles. The van der Waals surface area contributed by atoms with Gasteiger partial charge in [-0.3, -0.25) is 9.78 Å². The Kier molecular flexibility index (Phi) is 2.91. The molecule has 17 heavy (non-hydrogen) atoms. The van der Waals surface area contributed by atoms with Crippen molar-refractivity contribution in [3.8, 4) is 11.3 Å². The number of pyridine rings is 1. The lowest BCUT2D eigenvalue weighted by Crippen LogP contribution is -2.11. The Hall–Kier alpha value is -2.16. The van der Waals surface area contributed by atoms with E-state index in [1.165, 1.54) is 17.3 Å². The van der Waals surface area contributed by atoms with E-state index in [0.29, 0.717) is 5.56 Å². The number of benzene rings is 1. The van der Waals surface area contributed by atoms with Crippen LogP contribution in [0.4, 0.5) is 0 Å². The molecule has 2 N–H and O–H groups in total. The minimum absolute atomic E-state index is 0.430. The fourth-order valence-corrected chi connectivity index (χ4v) is 1.73. The quantitative estimate of drug-likeness (QED) is 0.855. The van der Waals surface area contributed by atoms with Crippen LogP contribution < -0.4 is 5.73 Å². The van der Waals surface area contributed by atoms with Crippen LogP contribution in [0.5, 0.6) is 0 Å².